The van der Waals surface area contributed by atoms with Gasteiger partial charge in [0, 0.05) is 76.7 Å². The van der Waals surface area contributed by atoms with Crippen LogP contribution in [0.1, 0.15) is 81.8 Å². The SMILES string of the molecule is COC(=O)CSCc1cccs1.COC(=O)CSCc1ccsc1.O=C(O)CSCc1cccs1.O=C(O)CSCc1ccsc1.O=C1CSCc2ccsc21.O=C1CSCc2ccsc21.O=C1CSCc2sccc21.O=C1CSCc2sccc21. The molecule has 0 fully saturated rings. The van der Waals surface area contributed by atoms with Crippen molar-refractivity contribution < 1.29 is 58.0 Å². The fourth-order valence-corrected chi connectivity index (χ4v) is 20.9. The van der Waals surface area contributed by atoms with Crippen LogP contribution in [0.3, 0.4) is 0 Å². The summed E-state index contributed by atoms with van der Waals surface area (Å²) in [5, 5.41) is 36.8. The fraction of sp³-hybridized carbons (Fsp3) is 0.310. The lowest BCUT2D eigenvalue weighted by atomic mass is 10.2. The minimum Gasteiger partial charge on any atom is -0.481 e. The van der Waals surface area contributed by atoms with E-state index >= 15 is 0 Å². The summed E-state index contributed by atoms with van der Waals surface area (Å²) in [6, 6.07) is 20.1. The number of esters is 2. The zero-order valence-corrected chi connectivity index (χ0v) is 59.4. The minimum atomic E-state index is -0.745. The van der Waals surface area contributed by atoms with Gasteiger partial charge >= 0.3 is 23.9 Å². The summed E-state index contributed by atoms with van der Waals surface area (Å²) < 4.78 is 9.03. The fourth-order valence-electron chi connectivity index (χ4n) is 6.70. The smallest absolute Gasteiger partial charge is 0.315 e. The molecule has 0 amide bonds. The lowest BCUT2D eigenvalue weighted by Gasteiger charge is -2.07. The molecular weight excluding hydrogens is 1400 g/mol. The van der Waals surface area contributed by atoms with Crippen LogP contribution in [-0.2, 0) is 74.7 Å². The molecule has 0 radical (unpaired) electrons. The highest BCUT2D eigenvalue weighted by Crippen LogP contribution is 2.31. The van der Waals surface area contributed by atoms with Crippen molar-refractivity contribution >= 4 is 232 Å². The number of carboxylic acid groups (broad SMARTS) is 2. The van der Waals surface area contributed by atoms with Gasteiger partial charge < -0.3 is 19.7 Å². The van der Waals surface area contributed by atoms with E-state index in [0.29, 0.717) is 57.7 Å². The van der Waals surface area contributed by atoms with E-state index in [1.807, 2.05) is 97.0 Å². The van der Waals surface area contributed by atoms with Crippen molar-refractivity contribution in [2.45, 2.75) is 46.0 Å². The van der Waals surface area contributed by atoms with Crippen molar-refractivity contribution in [2.75, 3.05) is 60.2 Å². The molecular formula is C58H60O12S16. The van der Waals surface area contributed by atoms with E-state index in [2.05, 4.69) is 27.0 Å². The Bertz CT molecular complexity index is 2920. The van der Waals surface area contributed by atoms with Crippen LogP contribution in [0.4, 0.5) is 0 Å². The van der Waals surface area contributed by atoms with E-state index in [9.17, 15) is 38.4 Å². The number of carboxylic acids is 2. The molecule has 4 aliphatic rings. The van der Waals surface area contributed by atoms with Crippen LogP contribution in [0.2, 0.25) is 0 Å². The second-order valence-corrected chi connectivity index (χ2v) is 32.4. The molecule has 0 saturated carbocycles. The number of methoxy groups -OCH3 is 2. The maximum absolute atomic E-state index is 11.1. The van der Waals surface area contributed by atoms with Gasteiger partial charge in [0.2, 0.25) is 0 Å². The number of ketones is 4. The Kier molecular flexibility index (Phi) is 37.4. The Morgan fingerprint density at radius 1 is 0.419 bits per heavy atom. The summed E-state index contributed by atoms with van der Waals surface area (Å²) in [5.41, 5.74) is 6.86. The third-order valence-electron chi connectivity index (χ3n) is 10.7. The molecule has 0 saturated heterocycles. The molecule has 0 aromatic carbocycles. The Hall–Kier alpha value is -3.04. The standard InChI is InChI=1S/2C8H10O2S2.2C7H8O2S2.4C7H6OS2/c1-10-8(9)6-12-5-7-2-3-11-4-7;1-10-8(9)6-11-5-7-3-2-4-12-7;8-7(9)5-11-4-6-1-2-10-3-6;8-7(9)5-10-4-6-2-1-3-11-6;2*8-6-3-9-4-7-5(6)1-2-10-7;2*8-6-4-9-3-5-1-2-10-7(5)6/h2*2-4H,5-6H2,1H3;2*1-3H,4-5H2,(H,8,9);4*1-2H,3-4H2. The number of thioether (sulfide) groups is 8. The van der Waals surface area contributed by atoms with Crippen molar-refractivity contribution in [1.82, 2.24) is 0 Å². The predicted octanol–water partition coefficient (Wildman–Crippen LogP) is 17.2. The molecule has 0 spiro atoms. The second-order valence-electron chi connectivity index (χ2n) is 17.1. The van der Waals surface area contributed by atoms with Gasteiger partial charge in [-0.1, -0.05) is 12.1 Å². The number of hydrogen-bond acceptors (Lipinski definition) is 26. The Balaban J connectivity index is 0.000000179. The van der Waals surface area contributed by atoms with Crippen molar-refractivity contribution in [3.8, 4) is 0 Å². The number of carbonyl (C=O) groups excluding carboxylic acids is 6. The molecule has 0 bridgehead atoms. The summed E-state index contributed by atoms with van der Waals surface area (Å²) in [6.07, 6.45) is 0. The highest BCUT2D eigenvalue weighted by molar-refractivity contribution is 8.01. The van der Waals surface area contributed by atoms with Crippen molar-refractivity contribution in [1.29, 1.82) is 0 Å². The van der Waals surface area contributed by atoms with E-state index in [1.165, 1.54) is 79.5 Å². The zero-order valence-electron chi connectivity index (χ0n) is 46.4. The number of fused-ring (bicyclic) bond motifs is 4. The first-order valence-corrected chi connectivity index (χ1v) is 41.8. The number of Topliss-reactive ketones (excluding diaryl/α,β-unsaturated/α-hetero) is 4. The molecule has 0 aliphatic carbocycles. The maximum atomic E-state index is 11.1. The Morgan fingerprint density at radius 2 is 0.802 bits per heavy atom. The van der Waals surface area contributed by atoms with Crippen LogP contribution in [0.25, 0.3) is 0 Å². The number of carbonyl (C=O) groups is 8. The molecule has 8 aromatic rings. The van der Waals surface area contributed by atoms with Crippen LogP contribution in [-0.4, -0.2) is 117 Å². The maximum Gasteiger partial charge on any atom is 0.315 e. The van der Waals surface area contributed by atoms with Gasteiger partial charge in [-0.05, 0) is 125 Å². The number of aliphatic carboxylic acids is 2. The van der Waals surface area contributed by atoms with Gasteiger partial charge in [-0.2, -0.15) is 22.7 Å². The zero-order chi connectivity index (χ0) is 61.7. The van der Waals surface area contributed by atoms with Crippen molar-refractivity contribution in [3.63, 3.8) is 0 Å². The number of ether oxygens (including phenoxy) is 2. The lowest BCUT2D eigenvalue weighted by molar-refractivity contribution is -0.138. The molecule has 12 rings (SSSR count). The first-order valence-electron chi connectivity index (χ1n) is 25.4. The third kappa shape index (κ3) is 29.3. The lowest BCUT2D eigenvalue weighted by Crippen LogP contribution is -2.08. The van der Waals surface area contributed by atoms with E-state index in [0.717, 1.165) is 66.9 Å². The molecule has 0 unspecified atom stereocenters. The Labute approximate surface area is 567 Å². The first kappa shape index (κ1) is 73.7. The van der Waals surface area contributed by atoms with E-state index in [1.54, 1.807) is 161 Å². The first-order chi connectivity index (χ1) is 41.7. The van der Waals surface area contributed by atoms with Gasteiger partial charge in [0.15, 0.2) is 23.1 Å². The number of rotatable bonds is 16. The molecule has 4 aliphatic heterocycles. The second kappa shape index (κ2) is 43.6. The van der Waals surface area contributed by atoms with E-state index in [-0.39, 0.29) is 23.4 Å². The predicted molar refractivity (Wildman–Crippen MR) is 380 cm³/mol. The molecule has 8 aromatic heterocycles. The van der Waals surface area contributed by atoms with Crippen molar-refractivity contribution in [2.24, 2.45) is 0 Å². The quantitative estimate of drug-likeness (QED) is 0.0866. The van der Waals surface area contributed by atoms with E-state index < -0.39 is 11.9 Å². The van der Waals surface area contributed by atoms with Gasteiger partial charge in [0.1, 0.15) is 0 Å². The van der Waals surface area contributed by atoms with Crippen LogP contribution >= 0.6 is 185 Å². The molecule has 28 heteroatoms. The Morgan fingerprint density at radius 3 is 1.16 bits per heavy atom. The number of hydrogen-bond donors (Lipinski definition) is 2. The van der Waals surface area contributed by atoms with Crippen LogP contribution < -0.4 is 0 Å². The molecule has 460 valence electrons. The van der Waals surface area contributed by atoms with Gasteiger partial charge in [0.05, 0.1) is 70.0 Å². The third-order valence-corrected chi connectivity index (χ3v) is 26.3. The topological polar surface area (TPSA) is 195 Å². The molecule has 12 nitrogen and oxygen atoms in total. The highest BCUT2D eigenvalue weighted by Gasteiger charge is 2.20. The molecule has 0 atom stereocenters. The van der Waals surface area contributed by atoms with Crippen molar-refractivity contribution in [3.05, 3.63) is 177 Å². The highest BCUT2D eigenvalue weighted by atomic mass is 32.2. The average Bonchev–Trinajstić information content (AvgIpc) is 4.35. The summed E-state index contributed by atoms with van der Waals surface area (Å²) >= 11 is 26.0. The summed E-state index contributed by atoms with van der Waals surface area (Å²) in [5.74, 6) is 10.8. The monoisotopic (exact) mass is 1460 g/mol. The molecule has 86 heavy (non-hydrogen) atoms. The average molecular weight is 1460 g/mol. The van der Waals surface area contributed by atoms with Gasteiger partial charge in [0.25, 0.3) is 0 Å². The summed E-state index contributed by atoms with van der Waals surface area (Å²) in [7, 11) is 2.82. The normalized spacial score (nSPS) is 13.1. The van der Waals surface area contributed by atoms with Gasteiger partial charge in [-0.15, -0.1) is 162 Å². The van der Waals surface area contributed by atoms with E-state index in [4.69, 9.17) is 10.2 Å². The number of thiophene rings is 8. The largest absolute Gasteiger partial charge is 0.481 e. The summed E-state index contributed by atoms with van der Waals surface area (Å²) in [6.45, 7) is 0. The minimum absolute atomic E-state index is 0.156. The van der Waals surface area contributed by atoms with Gasteiger partial charge in [-0.25, -0.2) is 0 Å². The van der Waals surface area contributed by atoms with Gasteiger partial charge in [-0.3, -0.25) is 38.4 Å². The van der Waals surface area contributed by atoms with Crippen LogP contribution in [0.5, 0.6) is 0 Å². The summed E-state index contributed by atoms with van der Waals surface area (Å²) in [4.78, 5) is 93.2. The van der Waals surface area contributed by atoms with Crippen LogP contribution in [0, 0.1) is 0 Å². The molecule has 2 N–H and O–H groups in total. The molecule has 12 heterocycles. The van der Waals surface area contributed by atoms with Crippen LogP contribution in [0.15, 0.2) is 114 Å².